The molecule has 2 unspecified atom stereocenters. The van der Waals surface area contributed by atoms with Crippen LogP contribution in [0.15, 0.2) is 45.5 Å². The summed E-state index contributed by atoms with van der Waals surface area (Å²) in [5.74, 6) is 2.31. The SMILES string of the molecule is CNCC(Cc1ccco1)C1CCCc2cc(Br)ccc21. The number of aryl methyl sites for hydroxylation is 1. The largest absolute Gasteiger partial charge is 0.469 e. The molecule has 1 aliphatic rings. The second-order valence-electron chi connectivity index (χ2n) is 5.94. The number of rotatable bonds is 5. The van der Waals surface area contributed by atoms with Crippen LogP contribution in [0.4, 0.5) is 0 Å². The lowest BCUT2D eigenvalue weighted by Crippen LogP contribution is -2.28. The maximum absolute atomic E-state index is 5.57. The standard InChI is InChI=1S/C18H22BrNO/c1-20-12-14(11-16-5-3-9-21-16)17-6-2-4-13-10-15(19)7-8-18(13)17/h3,5,7-10,14,17,20H,2,4,6,11-12H2,1H3. The quantitative estimate of drug-likeness (QED) is 0.858. The number of furan rings is 1. The summed E-state index contributed by atoms with van der Waals surface area (Å²) >= 11 is 3.60. The van der Waals surface area contributed by atoms with Gasteiger partial charge in [-0.2, -0.15) is 0 Å². The van der Waals surface area contributed by atoms with E-state index in [-0.39, 0.29) is 0 Å². The Hall–Kier alpha value is -1.06. The van der Waals surface area contributed by atoms with Crippen molar-refractivity contribution < 1.29 is 4.42 Å². The molecule has 0 bridgehead atoms. The highest BCUT2D eigenvalue weighted by Crippen LogP contribution is 2.39. The lowest BCUT2D eigenvalue weighted by Gasteiger charge is -2.32. The second-order valence-corrected chi connectivity index (χ2v) is 6.86. The van der Waals surface area contributed by atoms with Gasteiger partial charge in [0.25, 0.3) is 0 Å². The molecule has 0 saturated heterocycles. The highest BCUT2D eigenvalue weighted by Gasteiger charge is 2.28. The van der Waals surface area contributed by atoms with Gasteiger partial charge in [0.15, 0.2) is 0 Å². The van der Waals surface area contributed by atoms with Crippen molar-refractivity contribution in [3.8, 4) is 0 Å². The van der Waals surface area contributed by atoms with Crippen LogP contribution in [0, 0.1) is 5.92 Å². The number of hydrogen-bond donors (Lipinski definition) is 1. The fraction of sp³-hybridized carbons (Fsp3) is 0.444. The predicted molar refractivity (Wildman–Crippen MR) is 89.6 cm³/mol. The van der Waals surface area contributed by atoms with Crippen molar-refractivity contribution in [1.29, 1.82) is 0 Å². The number of hydrogen-bond acceptors (Lipinski definition) is 2. The fourth-order valence-corrected chi connectivity index (χ4v) is 4.02. The van der Waals surface area contributed by atoms with Gasteiger partial charge in [-0.05, 0) is 80.1 Å². The van der Waals surface area contributed by atoms with E-state index >= 15 is 0 Å². The summed E-state index contributed by atoms with van der Waals surface area (Å²) in [6.45, 7) is 1.03. The molecule has 0 amide bonds. The third-order valence-corrected chi connectivity index (χ3v) is 5.04. The number of halogens is 1. The highest BCUT2D eigenvalue weighted by atomic mass is 79.9. The van der Waals surface area contributed by atoms with Crippen molar-refractivity contribution in [1.82, 2.24) is 5.32 Å². The van der Waals surface area contributed by atoms with Gasteiger partial charge in [-0.3, -0.25) is 0 Å². The Kier molecular flexibility index (Phi) is 4.81. The molecule has 3 rings (SSSR count). The zero-order valence-corrected chi connectivity index (χ0v) is 14.0. The molecule has 1 aromatic heterocycles. The Morgan fingerprint density at radius 2 is 2.29 bits per heavy atom. The van der Waals surface area contributed by atoms with Crippen molar-refractivity contribution in [3.05, 3.63) is 58.0 Å². The van der Waals surface area contributed by atoms with Crippen LogP contribution >= 0.6 is 15.9 Å². The molecule has 2 aromatic rings. The van der Waals surface area contributed by atoms with Crippen LogP contribution in [0.25, 0.3) is 0 Å². The van der Waals surface area contributed by atoms with Crippen LogP contribution in [0.5, 0.6) is 0 Å². The zero-order chi connectivity index (χ0) is 14.7. The van der Waals surface area contributed by atoms with Crippen molar-refractivity contribution in [3.63, 3.8) is 0 Å². The molecule has 0 fully saturated rings. The topological polar surface area (TPSA) is 25.2 Å². The van der Waals surface area contributed by atoms with E-state index < -0.39 is 0 Å². The Morgan fingerprint density at radius 1 is 1.38 bits per heavy atom. The summed E-state index contributed by atoms with van der Waals surface area (Å²) in [4.78, 5) is 0. The lowest BCUT2D eigenvalue weighted by atomic mass is 9.74. The summed E-state index contributed by atoms with van der Waals surface area (Å²) in [5.41, 5.74) is 3.05. The van der Waals surface area contributed by atoms with Crippen LogP contribution in [0.2, 0.25) is 0 Å². The maximum atomic E-state index is 5.57. The fourth-order valence-electron chi connectivity index (χ4n) is 3.62. The Labute approximate surface area is 135 Å². The number of benzene rings is 1. The molecule has 2 atom stereocenters. The van der Waals surface area contributed by atoms with E-state index in [1.54, 1.807) is 6.26 Å². The summed E-state index contributed by atoms with van der Waals surface area (Å²) in [6, 6.07) is 10.9. The van der Waals surface area contributed by atoms with Gasteiger partial charge in [0.2, 0.25) is 0 Å². The molecule has 0 saturated carbocycles. The summed E-state index contributed by atoms with van der Waals surface area (Å²) < 4.78 is 6.77. The van der Waals surface area contributed by atoms with Gasteiger partial charge in [-0.1, -0.05) is 22.0 Å². The average Bonchev–Trinajstić information content (AvgIpc) is 2.99. The molecule has 0 radical (unpaired) electrons. The molecular weight excluding hydrogens is 326 g/mol. The molecule has 0 spiro atoms. The van der Waals surface area contributed by atoms with E-state index in [9.17, 15) is 0 Å². The molecular formula is C18H22BrNO. The number of nitrogens with one attached hydrogen (secondary N) is 1. The summed E-state index contributed by atoms with van der Waals surface area (Å²) in [6.07, 6.45) is 6.55. The Morgan fingerprint density at radius 3 is 3.05 bits per heavy atom. The van der Waals surface area contributed by atoms with Crippen molar-refractivity contribution in [2.45, 2.75) is 31.6 Å². The third-order valence-electron chi connectivity index (χ3n) is 4.54. The number of fused-ring (bicyclic) bond motifs is 1. The molecule has 0 aliphatic heterocycles. The van der Waals surface area contributed by atoms with Crippen LogP contribution in [-0.2, 0) is 12.8 Å². The first kappa shape index (κ1) is 14.9. The molecule has 3 heteroatoms. The van der Waals surface area contributed by atoms with E-state index in [4.69, 9.17) is 4.42 Å². The van der Waals surface area contributed by atoms with Crippen molar-refractivity contribution >= 4 is 15.9 Å². The van der Waals surface area contributed by atoms with Crippen LogP contribution < -0.4 is 5.32 Å². The minimum atomic E-state index is 0.585. The van der Waals surface area contributed by atoms with Crippen molar-refractivity contribution in [2.75, 3.05) is 13.6 Å². The normalized spacial score (nSPS) is 19.2. The van der Waals surface area contributed by atoms with Gasteiger partial charge in [-0.25, -0.2) is 0 Å². The van der Waals surface area contributed by atoms with Gasteiger partial charge in [0.05, 0.1) is 6.26 Å². The van der Waals surface area contributed by atoms with E-state index in [0.29, 0.717) is 11.8 Å². The lowest BCUT2D eigenvalue weighted by molar-refractivity contribution is 0.341. The highest BCUT2D eigenvalue weighted by molar-refractivity contribution is 9.10. The molecule has 1 N–H and O–H groups in total. The maximum Gasteiger partial charge on any atom is 0.104 e. The van der Waals surface area contributed by atoms with Gasteiger partial charge in [0, 0.05) is 10.9 Å². The summed E-state index contributed by atoms with van der Waals surface area (Å²) in [7, 11) is 2.04. The first-order valence-electron chi connectivity index (χ1n) is 7.73. The van der Waals surface area contributed by atoms with Crippen molar-refractivity contribution in [2.24, 2.45) is 5.92 Å². The minimum absolute atomic E-state index is 0.585. The van der Waals surface area contributed by atoms with E-state index in [0.717, 1.165) is 18.7 Å². The molecule has 1 aliphatic carbocycles. The van der Waals surface area contributed by atoms with Gasteiger partial charge >= 0.3 is 0 Å². The smallest absolute Gasteiger partial charge is 0.104 e. The molecule has 21 heavy (non-hydrogen) atoms. The monoisotopic (exact) mass is 347 g/mol. The van der Waals surface area contributed by atoms with Gasteiger partial charge in [-0.15, -0.1) is 0 Å². The van der Waals surface area contributed by atoms with E-state index in [1.165, 1.54) is 34.9 Å². The van der Waals surface area contributed by atoms with Crippen LogP contribution in [-0.4, -0.2) is 13.6 Å². The third kappa shape index (κ3) is 3.41. The predicted octanol–water partition coefficient (Wildman–Crippen LogP) is 4.54. The average molecular weight is 348 g/mol. The molecule has 2 nitrogen and oxygen atoms in total. The van der Waals surface area contributed by atoms with E-state index in [2.05, 4.69) is 45.5 Å². The van der Waals surface area contributed by atoms with E-state index in [1.807, 2.05) is 13.1 Å². The molecule has 1 heterocycles. The van der Waals surface area contributed by atoms with Gasteiger partial charge in [0.1, 0.15) is 5.76 Å². The minimum Gasteiger partial charge on any atom is -0.469 e. The second kappa shape index (κ2) is 6.80. The zero-order valence-electron chi connectivity index (χ0n) is 12.4. The van der Waals surface area contributed by atoms with Gasteiger partial charge < -0.3 is 9.73 Å². The van der Waals surface area contributed by atoms with Crippen LogP contribution in [0.3, 0.4) is 0 Å². The first-order chi connectivity index (χ1) is 10.3. The van der Waals surface area contributed by atoms with Crippen LogP contribution in [0.1, 0.15) is 35.6 Å². The summed E-state index contributed by atoms with van der Waals surface area (Å²) in [5, 5.41) is 3.37. The molecule has 112 valence electrons. The Bertz CT molecular complexity index is 579. The Balaban J connectivity index is 1.86. The molecule has 1 aromatic carbocycles. The first-order valence-corrected chi connectivity index (χ1v) is 8.52.